The maximum atomic E-state index is 11.9. The highest BCUT2D eigenvalue weighted by molar-refractivity contribution is 6.19. The molecule has 3 amide bonds. The largest absolute Gasteiger partial charge is 0.339 e. The third kappa shape index (κ3) is 1.96. The Balaban J connectivity index is 1.96. The maximum absolute atomic E-state index is 11.9. The first-order valence-electron chi connectivity index (χ1n) is 5.52. The van der Waals surface area contributed by atoms with Crippen LogP contribution < -0.4 is 5.32 Å². The number of halogens is 1. The zero-order valence-corrected chi connectivity index (χ0v) is 10.0. The molecule has 2 aliphatic heterocycles. The number of piperazine rings is 1. The molecule has 16 heavy (non-hydrogen) atoms. The molecule has 5 nitrogen and oxygen atoms in total. The quantitative estimate of drug-likeness (QED) is 0.702. The van der Waals surface area contributed by atoms with Crippen molar-refractivity contribution in [1.29, 1.82) is 0 Å². The van der Waals surface area contributed by atoms with E-state index in [4.69, 9.17) is 11.6 Å². The fourth-order valence-electron chi connectivity index (χ4n) is 2.18. The molecule has 2 aliphatic rings. The molecule has 2 rings (SSSR count). The Morgan fingerprint density at radius 2 is 2.38 bits per heavy atom. The van der Waals surface area contributed by atoms with Gasteiger partial charge in [0.15, 0.2) is 0 Å². The molecule has 2 heterocycles. The Labute approximate surface area is 99.7 Å². The van der Waals surface area contributed by atoms with Crippen LogP contribution in [0.1, 0.15) is 6.92 Å². The van der Waals surface area contributed by atoms with Crippen LogP contribution in [-0.4, -0.2) is 59.8 Å². The second-order valence-corrected chi connectivity index (χ2v) is 4.68. The first-order chi connectivity index (χ1) is 7.63. The van der Waals surface area contributed by atoms with Gasteiger partial charge in [-0.15, -0.1) is 11.6 Å². The zero-order valence-electron chi connectivity index (χ0n) is 9.28. The highest BCUT2D eigenvalue weighted by Gasteiger charge is 2.37. The molecular weight excluding hydrogens is 230 g/mol. The number of urea groups is 1. The van der Waals surface area contributed by atoms with E-state index in [1.54, 1.807) is 4.90 Å². The second-order valence-electron chi connectivity index (χ2n) is 4.37. The highest BCUT2D eigenvalue weighted by atomic mass is 35.5. The van der Waals surface area contributed by atoms with Crippen LogP contribution in [0.5, 0.6) is 0 Å². The molecule has 0 aromatic carbocycles. The topological polar surface area (TPSA) is 52.7 Å². The summed E-state index contributed by atoms with van der Waals surface area (Å²) in [5.41, 5.74) is 0. The number of fused-ring (bicyclic) bond motifs is 1. The van der Waals surface area contributed by atoms with Crippen molar-refractivity contribution in [2.24, 2.45) is 5.92 Å². The lowest BCUT2D eigenvalue weighted by molar-refractivity contribution is -0.136. The van der Waals surface area contributed by atoms with Gasteiger partial charge < -0.3 is 15.1 Å². The summed E-state index contributed by atoms with van der Waals surface area (Å²) >= 11 is 5.68. The Bertz CT molecular complexity index is 310. The van der Waals surface area contributed by atoms with Crippen molar-refractivity contribution < 1.29 is 9.59 Å². The average Bonchev–Trinajstić information content (AvgIpc) is 2.68. The number of rotatable bonds is 2. The van der Waals surface area contributed by atoms with Crippen molar-refractivity contribution >= 4 is 23.5 Å². The SMILES string of the molecule is CC(CCl)C(=O)N1CCN2C(=O)NCC2C1. The molecule has 0 saturated carbocycles. The summed E-state index contributed by atoms with van der Waals surface area (Å²) in [6.45, 7) is 4.33. The standard InChI is InChI=1S/C10H16ClN3O2/c1-7(4-11)9(15)13-2-3-14-8(6-13)5-12-10(14)16/h7-8H,2-6H2,1H3,(H,12,16). The van der Waals surface area contributed by atoms with E-state index in [0.29, 0.717) is 32.1 Å². The van der Waals surface area contributed by atoms with Crippen molar-refractivity contribution in [3.63, 3.8) is 0 Å². The van der Waals surface area contributed by atoms with Crippen molar-refractivity contribution in [1.82, 2.24) is 15.1 Å². The second kappa shape index (κ2) is 4.49. The molecule has 0 radical (unpaired) electrons. The number of carbonyl (C=O) groups is 2. The summed E-state index contributed by atoms with van der Waals surface area (Å²) in [4.78, 5) is 26.9. The predicted molar refractivity (Wildman–Crippen MR) is 60.4 cm³/mol. The summed E-state index contributed by atoms with van der Waals surface area (Å²) < 4.78 is 0. The molecule has 2 saturated heterocycles. The Morgan fingerprint density at radius 1 is 1.62 bits per heavy atom. The van der Waals surface area contributed by atoms with Crippen LogP contribution in [0.3, 0.4) is 0 Å². The van der Waals surface area contributed by atoms with Gasteiger partial charge in [0.2, 0.25) is 5.91 Å². The van der Waals surface area contributed by atoms with E-state index in [1.165, 1.54) is 0 Å². The van der Waals surface area contributed by atoms with Gasteiger partial charge in [0.05, 0.1) is 6.04 Å². The van der Waals surface area contributed by atoms with E-state index in [2.05, 4.69) is 5.32 Å². The molecule has 0 spiro atoms. The van der Waals surface area contributed by atoms with Crippen LogP contribution >= 0.6 is 11.6 Å². The van der Waals surface area contributed by atoms with Gasteiger partial charge in [0.25, 0.3) is 0 Å². The predicted octanol–water partition coefficient (Wildman–Crippen LogP) is 0.0973. The Morgan fingerprint density at radius 3 is 3.06 bits per heavy atom. The lowest BCUT2D eigenvalue weighted by atomic mass is 10.1. The van der Waals surface area contributed by atoms with Gasteiger partial charge in [-0.3, -0.25) is 4.79 Å². The lowest BCUT2D eigenvalue weighted by Gasteiger charge is -2.37. The number of nitrogens with one attached hydrogen (secondary N) is 1. The van der Waals surface area contributed by atoms with E-state index in [0.717, 1.165) is 0 Å². The molecule has 2 unspecified atom stereocenters. The van der Waals surface area contributed by atoms with Gasteiger partial charge in [-0.05, 0) is 0 Å². The highest BCUT2D eigenvalue weighted by Crippen LogP contribution is 2.16. The number of alkyl halides is 1. The minimum atomic E-state index is -0.140. The van der Waals surface area contributed by atoms with Gasteiger partial charge in [-0.25, -0.2) is 4.79 Å². The Kier molecular flexibility index (Phi) is 3.23. The van der Waals surface area contributed by atoms with E-state index < -0.39 is 0 Å². The van der Waals surface area contributed by atoms with Gasteiger partial charge in [-0.2, -0.15) is 0 Å². The Hall–Kier alpha value is -0.970. The van der Waals surface area contributed by atoms with Crippen LogP contribution in [-0.2, 0) is 4.79 Å². The number of hydrogen-bond donors (Lipinski definition) is 1. The normalized spacial score (nSPS) is 26.4. The van der Waals surface area contributed by atoms with Crippen molar-refractivity contribution in [2.45, 2.75) is 13.0 Å². The molecule has 0 aromatic rings. The summed E-state index contributed by atoms with van der Waals surface area (Å²) in [6.07, 6.45) is 0. The minimum Gasteiger partial charge on any atom is -0.339 e. The summed E-state index contributed by atoms with van der Waals surface area (Å²) in [6, 6.07) is 0.121. The van der Waals surface area contributed by atoms with Crippen molar-refractivity contribution in [2.75, 3.05) is 32.1 Å². The fourth-order valence-corrected chi connectivity index (χ4v) is 2.31. The van der Waals surface area contributed by atoms with Crippen LogP contribution in [0.2, 0.25) is 0 Å². The van der Waals surface area contributed by atoms with Gasteiger partial charge in [0.1, 0.15) is 0 Å². The molecular formula is C10H16ClN3O2. The summed E-state index contributed by atoms with van der Waals surface area (Å²) in [5, 5.41) is 2.79. The zero-order chi connectivity index (χ0) is 11.7. The van der Waals surface area contributed by atoms with Crippen LogP contribution in [0.25, 0.3) is 0 Å². The maximum Gasteiger partial charge on any atom is 0.317 e. The van der Waals surface area contributed by atoms with Crippen molar-refractivity contribution in [3.8, 4) is 0 Å². The number of hydrogen-bond acceptors (Lipinski definition) is 2. The summed E-state index contributed by atoms with van der Waals surface area (Å²) in [7, 11) is 0. The minimum absolute atomic E-state index is 0.0116. The molecule has 2 atom stereocenters. The van der Waals surface area contributed by atoms with E-state index >= 15 is 0 Å². The van der Waals surface area contributed by atoms with Crippen LogP contribution in [0.15, 0.2) is 0 Å². The average molecular weight is 246 g/mol. The number of carbonyl (C=O) groups excluding carboxylic acids is 2. The molecule has 1 N–H and O–H groups in total. The van der Waals surface area contributed by atoms with Crippen molar-refractivity contribution in [3.05, 3.63) is 0 Å². The molecule has 2 fully saturated rings. The fraction of sp³-hybridized carbons (Fsp3) is 0.800. The van der Waals surface area contributed by atoms with Gasteiger partial charge in [-0.1, -0.05) is 6.92 Å². The van der Waals surface area contributed by atoms with E-state index in [9.17, 15) is 9.59 Å². The summed E-state index contributed by atoms with van der Waals surface area (Å²) in [5.74, 6) is 0.299. The van der Waals surface area contributed by atoms with Gasteiger partial charge in [0, 0.05) is 38.0 Å². The first-order valence-corrected chi connectivity index (χ1v) is 6.06. The van der Waals surface area contributed by atoms with Crippen LogP contribution in [0, 0.1) is 5.92 Å². The lowest BCUT2D eigenvalue weighted by Crippen LogP contribution is -2.54. The number of amides is 3. The molecule has 90 valence electrons. The van der Waals surface area contributed by atoms with E-state index in [1.807, 2.05) is 11.8 Å². The first kappa shape index (κ1) is 11.5. The third-order valence-electron chi connectivity index (χ3n) is 3.20. The number of nitrogens with zero attached hydrogens (tertiary/aromatic N) is 2. The van der Waals surface area contributed by atoms with Crippen LogP contribution in [0.4, 0.5) is 4.79 Å². The molecule has 0 aliphatic carbocycles. The monoisotopic (exact) mass is 245 g/mol. The molecule has 0 aromatic heterocycles. The molecule has 6 heteroatoms. The smallest absolute Gasteiger partial charge is 0.317 e. The third-order valence-corrected chi connectivity index (χ3v) is 3.66. The van der Waals surface area contributed by atoms with Gasteiger partial charge >= 0.3 is 6.03 Å². The van der Waals surface area contributed by atoms with E-state index in [-0.39, 0.29) is 23.9 Å². The molecule has 0 bridgehead atoms.